The lowest BCUT2D eigenvalue weighted by atomic mass is 10.0. The summed E-state index contributed by atoms with van der Waals surface area (Å²) in [7, 11) is 2.00. The van der Waals surface area contributed by atoms with Crippen molar-refractivity contribution < 1.29 is 24.0 Å². The first kappa shape index (κ1) is 26.5. The molecular weight excluding hydrogens is 502 g/mol. The number of piperazine rings is 1. The smallest absolute Gasteiger partial charge is 0.264 e. The zero-order valence-corrected chi connectivity index (χ0v) is 22.0. The fraction of sp³-hybridized carbons (Fsp3) is 0.481. The molecule has 0 aliphatic carbocycles. The predicted octanol–water partition coefficient (Wildman–Crippen LogP) is 1.14. The van der Waals surface area contributed by atoms with E-state index in [9.17, 15) is 24.0 Å². The first-order valence-corrected chi connectivity index (χ1v) is 13.4. The Labute approximate surface area is 226 Å². The molecule has 0 radical (unpaired) electrons. The number of amides is 5. The minimum Gasteiger partial charge on any atom is -0.340 e. The largest absolute Gasteiger partial charge is 0.340 e. The summed E-state index contributed by atoms with van der Waals surface area (Å²) in [6.07, 6.45) is 6.81. The van der Waals surface area contributed by atoms with Gasteiger partial charge in [-0.25, -0.2) is 4.98 Å². The SMILES string of the molecule is Cn1ccnc1N1CCN(CCCCCC(=O)Nc2cccc3c2C(=O)N(C2CCC(=O)NC2=O)C3=O)CC1. The van der Waals surface area contributed by atoms with Crippen molar-refractivity contribution in [3.63, 3.8) is 0 Å². The van der Waals surface area contributed by atoms with E-state index in [0.717, 1.165) is 56.4 Å². The highest BCUT2D eigenvalue weighted by Gasteiger charge is 2.45. The number of imide groups is 2. The van der Waals surface area contributed by atoms with Gasteiger partial charge in [0.25, 0.3) is 11.8 Å². The number of fused-ring (bicyclic) bond motifs is 1. The van der Waals surface area contributed by atoms with Crippen LogP contribution in [-0.2, 0) is 21.4 Å². The third-order valence-corrected chi connectivity index (χ3v) is 7.57. The number of rotatable bonds is 9. The van der Waals surface area contributed by atoms with Crippen molar-refractivity contribution in [2.24, 2.45) is 7.05 Å². The van der Waals surface area contributed by atoms with Crippen LogP contribution < -0.4 is 15.5 Å². The number of hydrogen-bond donors (Lipinski definition) is 2. The Bertz CT molecular complexity index is 1300. The molecule has 12 heteroatoms. The molecule has 5 amide bonds. The number of anilines is 2. The van der Waals surface area contributed by atoms with Crippen LogP contribution in [0, 0.1) is 0 Å². The van der Waals surface area contributed by atoms with Gasteiger partial charge in [-0.05, 0) is 37.9 Å². The van der Waals surface area contributed by atoms with Gasteiger partial charge in [-0.3, -0.25) is 39.1 Å². The van der Waals surface area contributed by atoms with Gasteiger partial charge in [0.1, 0.15) is 6.04 Å². The van der Waals surface area contributed by atoms with Gasteiger partial charge in [-0.2, -0.15) is 0 Å². The average molecular weight is 536 g/mol. The second kappa shape index (κ2) is 11.4. The van der Waals surface area contributed by atoms with Crippen LogP contribution in [0.3, 0.4) is 0 Å². The molecule has 2 N–H and O–H groups in total. The van der Waals surface area contributed by atoms with Gasteiger partial charge in [-0.1, -0.05) is 12.5 Å². The Morgan fingerprint density at radius 1 is 1.05 bits per heavy atom. The maximum atomic E-state index is 13.2. The summed E-state index contributed by atoms with van der Waals surface area (Å²) in [5.41, 5.74) is 0.493. The Morgan fingerprint density at radius 3 is 2.56 bits per heavy atom. The minimum absolute atomic E-state index is 0.0503. The van der Waals surface area contributed by atoms with Crippen LogP contribution >= 0.6 is 0 Å². The van der Waals surface area contributed by atoms with Crippen LogP contribution in [-0.4, -0.2) is 87.7 Å². The summed E-state index contributed by atoms with van der Waals surface area (Å²) in [4.78, 5) is 72.6. The van der Waals surface area contributed by atoms with Crippen molar-refractivity contribution in [3.05, 3.63) is 41.7 Å². The summed E-state index contributed by atoms with van der Waals surface area (Å²) in [5.74, 6) is -1.55. The molecular formula is C27H33N7O5. The Balaban J connectivity index is 1.07. The molecule has 0 saturated carbocycles. The lowest BCUT2D eigenvalue weighted by molar-refractivity contribution is -0.136. The maximum absolute atomic E-state index is 13.2. The highest BCUT2D eigenvalue weighted by Crippen LogP contribution is 2.32. The second-order valence-corrected chi connectivity index (χ2v) is 10.2. The number of aryl methyl sites for hydroxylation is 1. The number of imidazole rings is 1. The summed E-state index contributed by atoms with van der Waals surface area (Å²) in [6, 6.07) is 3.64. The summed E-state index contributed by atoms with van der Waals surface area (Å²) in [5, 5.41) is 4.96. The Hall–Kier alpha value is -4.06. The molecule has 12 nitrogen and oxygen atoms in total. The molecule has 5 rings (SSSR count). The summed E-state index contributed by atoms with van der Waals surface area (Å²) in [6.45, 7) is 4.83. The van der Waals surface area contributed by atoms with E-state index in [4.69, 9.17) is 0 Å². The molecule has 1 atom stereocenters. The van der Waals surface area contributed by atoms with Gasteiger partial charge in [0.2, 0.25) is 23.7 Å². The predicted molar refractivity (Wildman–Crippen MR) is 142 cm³/mol. The zero-order chi connectivity index (χ0) is 27.5. The number of aromatic nitrogens is 2. The number of benzene rings is 1. The molecule has 2 aromatic rings. The van der Waals surface area contributed by atoms with Crippen molar-refractivity contribution >= 4 is 41.2 Å². The van der Waals surface area contributed by atoms with Gasteiger partial charge in [0.05, 0.1) is 16.8 Å². The quantitative estimate of drug-likeness (QED) is 0.360. The van der Waals surface area contributed by atoms with Gasteiger partial charge < -0.3 is 14.8 Å². The van der Waals surface area contributed by atoms with Crippen molar-refractivity contribution in [2.45, 2.75) is 44.6 Å². The maximum Gasteiger partial charge on any atom is 0.264 e. The summed E-state index contributed by atoms with van der Waals surface area (Å²) >= 11 is 0. The van der Waals surface area contributed by atoms with Gasteiger partial charge in [0, 0.05) is 58.5 Å². The van der Waals surface area contributed by atoms with Crippen LogP contribution in [0.2, 0.25) is 0 Å². The number of carbonyl (C=O) groups is 5. The van der Waals surface area contributed by atoms with E-state index >= 15 is 0 Å². The van der Waals surface area contributed by atoms with Crippen LogP contribution in [0.15, 0.2) is 30.6 Å². The van der Waals surface area contributed by atoms with Crippen molar-refractivity contribution in [1.29, 1.82) is 0 Å². The highest BCUT2D eigenvalue weighted by molar-refractivity contribution is 6.26. The molecule has 1 unspecified atom stereocenters. The molecule has 1 aromatic carbocycles. The standard InChI is InChI=1S/C27H33N7O5/c1-31-13-11-28-27(31)33-16-14-32(15-17-33)12-4-2-3-8-21(35)29-19-7-5-6-18-23(19)26(39)34(25(18)38)20-9-10-22(36)30-24(20)37/h5-7,11,13,20H,2-4,8-10,12,14-17H2,1H3,(H,29,35)(H,30,36,37). The van der Waals surface area contributed by atoms with Crippen molar-refractivity contribution in [3.8, 4) is 0 Å². The number of carbonyl (C=O) groups excluding carboxylic acids is 5. The zero-order valence-electron chi connectivity index (χ0n) is 22.0. The lowest BCUT2D eigenvalue weighted by Crippen LogP contribution is -2.54. The Kier molecular flexibility index (Phi) is 7.73. The molecule has 4 heterocycles. The van der Waals surface area contributed by atoms with E-state index in [1.165, 1.54) is 6.07 Å². The van der Waals surface area contributed by atoms with Gasteiger partial charge in [0.15, 0.2) is 0 Å². The number of piperidine rings is 1. The number of unbranched alkanes of at least 4 members (excludes halogenated alkanes) is 2. The highest BCUT2D eigenvalue weighted by atomic mass is 16.2. The van der Waals surface area contributed by atoms with Gasteiger partial charge >= 0.3 is 0 Å². The first-order chi connectivity index (χ1) is 18.8. The molecule has 2 fully saturated rings. The van der Waals surface area contributed by atoms with Gasteiger partial charge in [-0.15, -0.1) is 0 Å². The fourth-order valence-electron chi connectivity index (χ4n) is 5.46. The first-order valence-electron chi connectivity index (χ1n) is 13.4. The van der Waals surface area contributed by atoms with E-state index in [1.54, 1.807) is 12.1 Å². The van der Waals surface area contributed by atoms with Crippen molar-refractivity contribution in [2.75, 3.05) is 42.9 Å². The third kappa shape index (κ3) is 5.56. The van der Waals surface area contributed by atoms with Crippen molar-refractivity contribution in [1.82, 2.24) is 24.7 Å². The Morgan fingerprint density at radius 2 is 1.85 bits per heavy atom. The lowest BCUT2D eigenvalue weighted by Gasteiger charge is -2.35. The average Bonchev–Trinajstić information content (AvgIpc) is 3.45. The number of nitrogens with one attached hydrogen (secondary N) is 2. The third-order valence-electron chi connectivity index (χ3n) is 7.57. The molecule has 2 saturated heterocycles. The van der Waals surface area contributed by atoms with E-state index < -0.39 is 29.7 Å². The topological polar surface area (TPSA) is 137 Å². The van der Waals surface area contributed by atoms with E-state index in [2.05, 4.69) is 25.4 Å². The van der Waals surface area contributed by atoms with E-state index in [1.807, 2.05) is 24.0 Å². The van der Waals surface area contributed by atoms with E-state index in [0.29, 0.717) is 12.8 Å². The monoisotopic (exact) mass is 535 g/mol. The molecule has 0 spiro atoms. The summed E-state index contributed by atoms with van der Waals surface area (Å²) < 4.78 is 2.03. The van der Waals surface area contributed by atoms with Crippen LogP contribution in [0.1, 0.15) is 59.2 Å². The molecule has 206 valence electrons. The van der Waals surface area contributed by atoms with Crippen LogP contribution in [0.25, 0.3) is 0 Å². The molecule has 39 heavy (non-hydrogen) atoms. The van der Waals surface area contributed by atoms with Crippen LogP contribution in [0.5, 0.6) is 0 Å². The van der Waals surface area contributed by atoms with E-state index in [-0.39, 0.29) is 35.6 Å². The molecule has 3 aliphatic rings. The normalized spacial score (nSPS) is 19.9. The molecule has 3 aliphatic heterocycles. The number of hydrogen-bond acceptors (Lipinski definition) is 8. The molecule has 1 aromatic heterocycles. The van der Waals surface area contributed by atoms with Crippen LogP contribution in [0.4, 0.5) is 11.6 Å². The molecule has 0 bridgehead atoms. The minimum atomic E-state index is -1.04. The number of nitrogens with zero attached hydrogens (tertiary/aromatic N) is 5. The fourth-order valence-corrected chi connectivity index (χ4v) is 5.46. The second-order valence-electron chi connectivity index (χ2n) is 10.2.